The van der Waals surface area contributed by atoms with Gasteiger partial charge in [0.15, 0.2) is 0 Å². The molecule has 6 nitrogen and oxygen atoms in total. The lowest BCUT2D eigenvalue weighted by Gasteiger charge is -2.14. The third-order valence-electron chi connectivity index (χ3n) is 2.35. The summed E-state index contributed by atoms with van der Waals surface area (Å²) >= 11 is 0. The van der Waals surface area contributed by atoms with Crippen LogP contribution in [0, 0.1) is 0 Å². The molecule has 1 aromatic rings. The standard InChI is InChI=1S/C11H17N3O3/c1-6(2)9-7(4-5-8(15)16)10(17-3)14-11(12)13-9/h6H,4-5H2,1-3H3,(H,15,16)(H2,12,13,14). The van der Waals surface area contributed by atoms with Gasteiger partial charge in [0.2, 0.25) is 11.8 Å². The van der Waals surface area contributed by atoms with Crippen LogP contribution in [-0.4, -0.2) is 28.2 Å². The van der Waals surface area contributed by atoms with Crippen molar-refractivity contribution in [1.29, 1.82) is 0 Å². The first kappa shape index (κ1) is 13.2. The van der Waals surface area contributed by atoms with Crippen LogP contribution >= 0.6 is 0 Å². The summed E-state index contributed by atoms with van der Waals surface area (Å²) in [6.07, 6.45) is 0.357. The fourth-order valence-corrected chi connectivity index (χ4v) is 1.61. The topological polar surface area (TPSA) is 98.3 Å². The van der Waals surface area contributed by atoms with Gasteiger partial charge in [-0.25, -0.2) is 4.98 Å². The molecule has 0 unspecified atom stereocenters. The lowest BCUT2D eigenvalue weighted by Crippen LogP contribution is -2.10. The predicted octanol–water partition coefficient (Wildman–Crippen LogP) is 1.21. The molecular weight excluding hydrogens is 222 g/mol. The van der Waals surface area contributed by atoms with Crippen molar-refractivity contribution in [2.24, 2.45) is 0 Å². The minimum absolute atomic E-state index is 0.0172. The zero-order chi connectivity index (χ0) is 13.0. The lowest BCUT2D eigenvalue weighted by molar-refractivity contribution is -0.136. The molecule has 0 fully saturated rings. The Balaban J connectivity index is 3.16. The maximum absolute atomic E-state index is 10.6. The Morgan fingerprint density at radius 2 is 2.12 bits per heavy atom. The van der Waals surface area contributed by atoms with Crippen LogP contribution in [0.1, 0.15) is 37.4 Å². The average molecular weight is 239 g/mol. The van der Waals surface area contributed by atoms with Crippen molar-refractivity contribution in [2.75, 3.05) is 12.8 Å². The number of aliphatic carboxylic acids is 1. The molecule has 0 amide bonds. The van der Waals surface area contributed by atoms with Crippen LogP contribution in [0.3, 0.4) is 0 Å². The molecule has 6 heteroatoms. The molecule has 0 spiro atoms. The number of methoxy groups -OCH3 is 1. The number of ether oxygens (including phenoxy) is 1. The number of nitrogens with zero attached hydrogens (tertiary/aromatic N) is 2. The van der Waals surface area contributed by atoms with E-state index in [4.69, 9.17) is 15.6 Å². The molecule has 0 saturated carbocycles. The Morgan fingerprint density at radius 3 is 2.59 bits per heavy atom. The fourth-order valence-electron chi connectivity index (χ4n) is 1.61. The van der Waals surface area contributed by atoms with Crippen LogP contribution in [0.4, 0.5) is 5.95 Å². The van der Waals surface area contributed by atoms with E-state index in [1.807, 2.05) is 13.8 Å². The molecule has 0 atom stereocenters. The van der Waals surface area contributed by atoms with Gasteiger partial charge in [-0.05, 0) is 12.3 Å². The number of aromatic nitrogens is 2. The normalized spacial score (nSPS) is 10.6. The summed E-state index contributed by atoms with van der Waals surface area (Å²) in [7, 11) is 1.48. The van der Waals surface area contributed by atoms with E-state index in [-0.39, 0.29) is 18.3 Å². The summed E-state index contributed by atoms with van der Waals surface area (Å²) in [5.74, 6) is -0.219. The van der Waals surface area contributed by atoms with E-state index in [1.54, 1.807) is 0 Å². The summed E-state index contributed by atoms with van der Waals surface area (Å²) in [5.41, 5.74) is 7.05. The number of carbonyl (C=O) groups is 1. The zero-order valence-electron chi connectivity index (χ0n) is 10.2. The molecule has 0 aliphatic carbocycles. The highest BCUT2D eigenvalue weighted by Gasteiger charge is 2.17. The van der Waals surface area contributed by atoms with Gasteiger partial charge in [0.1, 0.15) is 0 Å². The van der Waals surface area contributed by atoms with E-state index in [2.05, 4.69) is 9.97 Å². The van der Waals surface area contributed by atoms with E-state index in [9.17, 15) is 4.79 Å². The van der Waals surface area contributed by atoms with Gasteiger partial charge in [-0.15, -0.1) is 0 Å². The van der Waals surface area contributed by atoms with E-state index in [0.29, 0.717) is 12.3 Å². The van der Waals surface area contributed by atoms with E-state index >= 15 is 0 Å². The minimum atomic E-state index is -0.862. The quantitative estimate of drug-likeness (QED) is 0.801. The van der Waals surface area contributed by atoms with Gasteiger partial charge in [0, 0.05) is 12.0 Å². The smallest absolute Gasteiger partial charge is 0.303 e. The molecule has 94 valence electrons. The number of hydrogen-bond acceptors (Lipinski definition) is 5. The maximum atomic E-state index is 10.6. The Hall–Kier alpha value is -1.85. The maximum Gasteiger partial charge on any atom is 0.303 e. The molecule has 17 heavy (non-hydrogen) atoms. The molecule has 1 heterocycles. The highest BCUT2D eigenvalue weighted by Crippen LogP contribution is 2.26. The number of anilines is 1. The molecule has 0 aliphatic rings. The van der Waals surface area contributed by atoms with Gasteiger partial charge >= 0.3 is 5.97 Å². The number of nitrogen functional groups attached to an aromatic ring is 1. The largest absolute Gasteiger partial charge is 0.481 e. The first-order valence-corrected chi connectivity index (χ1v) is 5.37. The van der Waals surface area contributed by atoms with Gasteiger partial charge in [-0.3, -0.25) is 4.79 Å². The lowest BCUT2D eigenvalue weighted by atomic mass is 10.0. The number of carboxylic acids is 1. The van der Waals surface area contributed by atoms with Gasteiger partial charge < -0.3 is 15.6 Å². The molecular formula is C11H17N3O3. The SMILES string of the molecule is COc1nc(N)nc(C(C)C)c1CCC(=O)O. The summed E-state index contributed by atoms with van der Waals surface area (Å²) < 4.78 is 5.13. The van der Waals surface area contributed by atoms with Crippen LogP contribution in [-0.2, 0) is 11.2 Å². The average Bonchev–Trinajstić information content (AvgIpc) is 2.25. The summed E-state index contributed by atoms with van der Waals surface area (Å²) in [6.45, 7) is 3.93. The molecule has 0 saturated heterocycles. The second kappa shape index (κ2) is 5.47. The van der Waals surface area contributed by atoms with Crippen molar-refractivity contribution in [1.82, 2.24) is 9.97 Å². The van der Waals surface area contributed by atoms with Crippen LogP contribution in [0.5, 0.6) is 5.88 Å². The van der Waals surface area contributed by atoms with Gasteiger partial charge in [-0.1, -0.05) is 13.8 Å². The van der Waals surface area contributed by atoms with Crippen molar-refractivity contribution in [2.45, 2.75) is 32.6 Å². The van der Waals surface area contributed by atoms with Crippen molar-refractivity contribution in [3.8, 4) is 5.88 Å². The van der Waals surface area contributed by atoms with Crippen LogP contribution in [0.25, 0.3) is 0 Å². The number of nitrogens with two attached hydrogens (primary N) is 1. The summed E-state index contributed by atoms with van der Waals surface area (Å²) in [5, 5.41) is 8.72. The van der Waals surface area contributed by atoms with E-state index in [1.165, 1.54) is 7.11 Å². The Kier molecular flexibility index (Phi) is 4.25. The number of rotatable bonds is 5. The minimum Gasteiger partial charge on any atom is -0.481 e. The Morgan fingerprint density at radius 1 is 1.47 bits per heavy atom. The van der Waals surface area contributed by atoms with E-state index < -0.39 is 5.97 Å². The van der Waals surface area contributed by atoms with Gasteiger partial charge in [0.05, 0.1) is 12.8 Å². The predicted molar refractivity (Wildman–Crippen MR) is 63.0 cm³/mol. The fraction of sp³-hybridized carbons (Fsp3) is 0.545. The van der Waals surface area contributed by atoms with Crippen molar-refractivity contribution in [3.63, 3.8) is 0 Å². The van der Waals surface area contributed by atoms with Crippen molar-refractivity contribution in [3.05, 3.63) is 11.3 Å². The Bertz CT molecular complexity index is 419. The number of carboxylic acid groups (broad SMARTS) is 1. The Labute approximate surface area is 99.8 Å². The molecule has 0 aliphatic heterocycles. The molecule has 0 bridgehead atoms. The number of hydrogen-bond donors (Lipinski definition) is 2. The van der Waals surface area contributed by atoms with Gasteiger partial charge in [0.25, 0.3) is 0 Å². The third-order valence-corrected chi connectivity index (χ3v) is 2.35. The van der Waals surface area contributed by atoms with E-state index in [0.717, 1.165) is 11.3 Å². The first-order chi connectivity index (χ1) is 7.95. The molecule has 1 aromatic heterocycles. The first-order valence-electron chi connectivity index (χ1n) is 5.37. The van der Waals surface area contributed by atoms with Gasteiger partial charge in [-0.2, -0.15) is 4.98 Å². The molecule has 1 rings (SSSR count). The summed E-state index contributed by atoms with van der Waals surface area (Å²) in [6, 6.07) is 0. The summed E-state index contributed by atoms with van der Waals surface area (Å²) in [4.78, 5) is 18.7. The second-order valence-electron chi connectivity index (χ2n) is 4.00. The third kappa shape index (κ3) is 3.30. The highest BCUT2D eigenvalue weighted by atomic mass is 16.5. The molecule has 0 aromatic carbocycles. The molecule has 3 N–H and O–H groups in total. The van der Waals surface area contributed by atoms with Crippen LogP contribution in [0.2, 0.25) is 0 Å². The zero-order valence-corrected chi connectivity index (χ0v) is 10.2. The van der Waals surface area contributed by atoms with Crippen molar-refractivity contribution >= 4 is 11.9 Å². The van der Waals surface area contributed by atoms with Crippen LogP contribution in [0.15, 0.2) is 0 Å². The molecule has 0 radical (unpaired) electrons. The second-order valence-corrected chi connectivity index (χ2v) is 4.00. The van der Waals surface area contributed by atoms with Crippen molar-refractivity contribution < 1.29 is 14.6 Å². The monoisotopic (exact) mass is 239 g/mol. The highest BCUT2D eigenvalue weighted by molar-refractivity contribution is 5.67. The van der Waals surface area contributed by atoms with Crippen LogP contribution < -0.4 is 10.5 Å².